The van der Waals surface area contributed by atoms with Crippen LogP contribution in [-0.2, 0) is 0 Å². The molecule has 0 heterocycles. The normalized spacial score (nSPS) is 8.10. The molecule has 0 radical (unpaired) electrons. The van der Waals surface area contributed by atoms with Crippen molar-refractivity contribution in [2.75, 3.05) is 0 Å². The lowest BCUT2D eigenvalue weighted by atomic mass is 10.1. The van der Waals surface area contributed by atoms with Gasteiger partial charge in [0.25, 0.3) is 0 Å². The summed E-state index contributed by atoms with van der Waals surface area (Å²) in [4.78, 5) is 0. The zero-order valence-corrected chi connectivity index (χ0v) is 5.59. The number of allylic oxidation sites excluding steroid dienone is 1. The van der Waals surface area contributed by atoms with E-state index in [1.165, 1.54) is 5.56 Å². The van der Waals surface area contributed by atoms with E-state index in [4.69, 9.17) is 0 Å². The van der Waals surface area contributed by atoms with Gasteiger partial charge in [0.05, 0.1) is 0 Å². The monoisotopic (exact) mass is 150 g/mol. The molecule has 0 saturated heterocycles. The Hall–Kier alpha value is -0.823. The molecule has 0 amide bonds. The molecule has 0 unspecified atom stereocenters. The third-order valence-electron chi connectivity index (χ3n) is 1.27. The first-order valence-corrected chi connectivity index (χ1v) is 3.01. The van der Waals surface area contributed by atoms with Crippen molar-refractivity contribution in [1.29, 1.82) is 0 Å². The summed E-state index contributed by atoms with van der Waals surface area (Å²) < 4.78 is 0. The number of hydrogen-bond acceptors (Lipinski definition) is 0. The summed E-state index contributed by atoms with van der Waals surface area (Å²) in [6, 6.07) is 10.2. The zero-order valence-electron chi connectivity index (χ0n) is 5.59. The molecule has 0 aliphatic rings. The summed E-state index contributed by atoms with van der Waals surface area (Å²) in [6.07, 6.45) is 0. The molecule has 10 heavy (non-hydrogen) atoms. The van der Waals surface area contributed by atoms with Crippen molar-refractivity contribution < 1.29 is 0 Å². The quantitative estimate of drug-likeness (QED) is 0.529. The van der Waals surface area contributed by atoms with Gasteiger partial charge < -0.3 is 0 Å². The van der Waals surface area contributed by atoms with Crippen molar-refractivity contribution in [3.05, 3.63) is 42.5 Å². The van der Waals surface area contributed by atoms with Crippen LogP contribution in [0.25, 0.3) is 5.57 Å². The van der Waals surface area contributed by atoms with Gasteiger partial charge in [-0.1, -0.05) is 42.5 Å². The lowest BCUT2D eigenvalue weighted by molar-refractivity contribution is 1.58. The summed E-state index contributed by atoms with van der Waals surface area (Å²) in [5.41, 5.74) is 2.34. The SMILES string of the molecule is C=C(C)c1ccccc1.[SiH4]. The molecule has 0 bridgehead atoms. The van der Waals surface area contributed by atoms with Gasteiger partial charge in [-0.2, -0.15) is 0 Å². The summed E-state index contributed by atoms with van der Waals surface area (Å²) in [6.45, 7) is 5.83. The van der Waals surface area contributed by atoms with E-state index in [1.807, 2.05) is 25.1 Å². The molecule has 1 heteroatoms. The smallest absolute Gasteiger partial charge is 0.0149 e. The number of rotatable bonds is 1. The van der Waals surface area contributed by atoms with E-state index in [2.05, 4.69) is 18.7 Å². The van der Waals surface area contributed by atoms with Crippen LogP contribution in [-0.4, -0.2) is 11.0 Å². The maximum atomic E-state index is 3.83. The molecule has 0 aromatic heterocycles. The van der Waals surface area contributed by atoms with Gasteiger partial charge in [0, 0.05) is 0 Å². The lowest BCUT2D eigenvalue weighted by Crippen LogP contribution is -1.72. The van der Waals surface area contributed by atoms with Crippen LogP contribution in [0.1, 0.15) is 12.5 Å². The van der Waals surface area contributed by atoms with Crippen molar-refractivity contribution in [2.24, 2.45) is 0 Å². The van der Waals surface area contributed by atoms with Gasteiger partial charge >= 0.3 is 0 Å². The summed E-state index contributed by atoms with van der Waals surface area (Å²) in [7, 11) is 0. The molecule has 0 saturated carbocycles. The van der Waals surface area contributed by atoms with E-state index in [-0.39, 0.29) is 11.0 Å². The first-order valence-electron chi connectivity index (χ1n) is 3.01. The van der Waals surface area contributed by atoms with Crippen LogP contribution in [0.2, 0.25) is 0 Å². The number of benzene rings is 1. The van der Waals surface area contributed by atoms with Gasteiger partial charge in [0.1, 0.15) is 0 Å². The fraction of sp³-hybridized carbons (Fsp3) is 0.111. The Morgan fingerprint density at radius 1 is 1.20 bits per heavy atom. The van der Waals surface area contributed by atoms with Gasteiger partial charge in [-0.05, 0) is 23.5 Å². The largest absolute Gasteiger partial charge is 0.0955 e. The molecule has 0 aliphatic heterocycles. The van der Waals surface area contributed by atoms with Crippen LogP contribution < -0.4 is 0 Å². The summed E-state index contributed by atoms with van der Waals surface area (Å²) >= 11 is 0. The van der Waals surface area contributed by atoms with Gasteiger partial charge in [-0.3, -0.25) is 0 Å². The molecule has 0 aliphatic carbocycles. The maximum Gasteiger partial charge on any atom is -0.0149 e. The molecule has 0 fully saturated rings. The second-order valence-corrected chi connectivity index (χ2v) is 2.15. The molecule has 1 aromatic rings. The molecular weight excluding hydrogens is 136 g/mol. The minimum absolute atomic E-state index is 0. The van der Waals surface area contributed by atoms with Crippen molar-refractivity contribution in [2.45, 2.75) is 6.92 Å². The lowest BCUT2D eigenvalue weighted by Gasteiger charge is -1.94. The van der Waals surface area contributed by atoms with Crippen LogP contribution in [0.5, 0.6) is 0 Å². The van der Waals surface area contributed by atoms with Crippen molar-refractivity contribution in [1.82, 2.24) is 0 Å². The zero-order chi connectivity index (χ0) is 6.69. The van der Waals surface area contributed by atoms with Crippen molar-refractivity contribution in [3.63, 3.8) is 0 Å². The first-order chi connectivity index (χ1) is 4.30. The van der Waals surface area contributed by atoms with Crippen LogP contribution in [0.4, 0.5) is 0 Å². The highest BCUT2D eigenvalue weighted by Gasteiger charge is 1.86. The summed E-state index contributed by atoms with van der Waals surface area (Å²) in [5.74, 6) is 0. The Kier molecular flexibility index (Phi) is 3.73. The molecule has 1 rings (SSSR count). The fourth-order valence-electron chi connectivity index (χ4n) is 0.723. The highest BCUT2D eigenvalue weighted by atomic mass is 28.1. The van der Waals surface area contributed by atoms with E-state index >= 15 is 0 Å². The maximum absolute atomic E-state index is 3.83. The standard InChI is InChI=1S/C9H10.H4Si/c1-8(2)9-6-4-3-5-7-9;/h3-7H,1H2,2H3;1H4. The third kappa shape index (κ3) is 2.19. The van der Waals surface area contributed by atoms with E-state index in [9.17, 15) is 0 Å². The van der Waals surface area contributed by atoms with Crippen molar-refractivity contribution in [3.8, 4) is 0 Å². The average molecular weight is 150 g/mol. The fourth-order valence-corrected chi connectivity index (χ4v) is 0.723. The van der Waals surface area contributed by atoms with Crippen LogP contribution >= 0.6 is 0 Å². The predicted molar refractivity (Wildman–Crippen MR) is 52.5 cm³/mol. The summed E-state index contributed by atoms with van der Waals surface area (Å²) in [5, 5.41) is 0. The predicted octanol–water partition coefficient (Wildman–Crippen LogP) is 1.27. The van der Waals surface area contributed by atoms with Gasteiger partial charge in [0.2, 0.25) is 0 Å². The molecule has 0 atom stereocenters. The Labute approximate surface area is 66.6 Å². The Morgan fingerprint density at radius 2 is 1.70 bits per heavy atom. The van der Waals surface area contributed by atoms with Crippen LogP contribution in [0.3, 0.4) is 0 Å². The Balaban J connectivity index is 0.000000810. The molecule has 0 nitrogen and oxygen atoms in total. The first kappa shape index (κ1) is 9.18. The average Bonchev–Trinajstić information content (AvgIpc) is 1.90. The highest BCUT2D eigenvalue weighted by molar-refractivity contribution is 5.75. The minimum atomic E-state index is 0. The van der Waals surface area contributed by atoms with Gasteiger partial charge in [-0.25, -0.2) is 0 Å². The molecule has 0 spiro atoms. The topological polar surface area (TPSA) is 0 Å². The molecule has 54 valence electrons. The Morgan fingerprint density at radius 3 is 2.00 bits per heavy atom. The van der Waals surface area contributed by atoms with Gasteiger partial charge in [0.15, 0.2) is 0 Å². The van der Waals surface area contributed by atoms with E-state index < -0.39 is 0 Å². The van der Waals surface area contributed by atoms with Gasteiger partial charge in [-0.15, -0.1) is 0 Å². The highest BCUT2D eigenvalue weighted by Crippen LogP contribution is 2.08. The second kappa shape index (κ2) is 4.07. The van der Waals surface area contributed by atoms with E-state index in [0.29, 0.717) is 0 Å². The van der Waals surface area contributed by atoms with E-state index in [0.717, 1.165) is 5.57 Å². The Bertz CT molecular complexity index is 201. The molecular formula is C9H14Si. The minimum Gasteiger partial charge on any atom is -0.0955 e. The molecule has 0 N–H and O–H groups in total. The number of hydrogen-bond donors (Lipinski definition) is 0. The second-order valence-electron chi connectivity index (χ2n) is 2.15. The van der Waals surface area contributed by atoms with Crippen LogP contribution in [0.15, 0.2) is 36.9 Å². The van der Waals surface area contributed by atoms with Crippen molar-refractivity contribution >= 4 is 16.5 Å². The molecule has 1 aromatic carbocycles. The third-order valence-corrected chi connectivity index (χ3v) is 1.27. The van der Waals surface area contributed by atoms with Crippen LogP contribution in [0, 0.1) is 0 Å². The van der Waals surface area contributed by atoms with E-state index in [1.54, 1.807) is 0 Å².